The van der Waals surface area contributed by atoms with Crippen molar-refractivity contribution in [2.24, 2.45) is 5.73 Å². The van der Waals surface area contributed by atoms with E-state index in [1.54, 1.807) is 60.7 Å². The van der Waals surface area contributed by atoms with Crippen LogP contribution in [0.3, 0.4) is 0 Å². The number of carbonyl (C=O) groups excluding carboxylic acids is 5. The fourth-order valence-electron chi connectivity index (χ4n) is 3.52. The van der Waals surface area contributed by atoms with E-state index in [2.05, 4.69) is 17.7 Å². The normalized spacial score (nSPS) is 11.1. The number of benzene rings is 3. The molecule has 0 spiro atoms. The number of imide groups is 1. The Hall–Kier alpha value is -4.99. The lowest BCUT2D eigenvalue weighted by Gasteiger charge is -2.35. The molecular formula is C28H29N5O5. The van der Waals surface area contributed by atoms with Crippen LogP contribution in [-0.2, 0) is 25.7 Å². The molecule has 0 radical (unpaired) electrons. The highest BCUT2D eigenvalue weighted by atomic mass is 16.2. The summed E-state index contributed by atoms with van der Waals surface area (Å²) in [6.45, 7) is 3.92. The number of hydrogen-bond acceptors (Lipinski definition) is 6. The topological polar surface area (TPSA) is 142 Å². The largest absolute Gasteiger partial charge is 0.361 e. The van der Waals surface area contributed by atoms with Gasteiger partial charge in [0.05, 0.1) is 12.2 Å². The monoisotopic (exact) mass is 515 g/mol. The van der Waals surface area contributed by atoms with Crippen LogP contribution >= 0.6 is 0 Å². The van der Waals surface area contributed by atoms with Gasteiger partial charge in [-0.3, -0.25) is 29.3 Å². The lowest BCUT2D eigenvalue weighted by molar-refractivity contribution is -0.147. The molecule has 3 aromatic rings. The van der Waals surface area contributed by atoms with Crippen molar-refractivity contribution >= 4 is 35.2 Å². The molecule has 0 aromatic heterocycles. The number of hydrogen-bond donors (Lipinski definition) is 3. The zero-order valence-electron chi connectivity index (χ0n) is 21.1. The molecule has 1 unspecified atom stereocenters. The number of anilines is 1. The maximum absolute atomic E-state index is 13.5. The first kappa shape index (κ1) is 27.6. The van der Waals surface area contributed by atoms with Crippen LogP contribution in [0, 0.1) is 0 Å². The molecule has 0 aliphatic rings. The lowest BCUT2D eigenvalue weighted by atomic mass is 9.99. The van der Waals surface area contributed by atoms with Crippen LogP contribution < -0.4 is 21.6 Å². The van der Waals surface area contributed by atoms with Gasteiger partial charge in [-0.15, -0.1) is 0 Å². The molecule has 3 aromatic carbocycles. The fraction of sp³-hybridized carbons (Fsp3) is 0.179. The number of nitrogens with two attached hydrogens (primary N) is 1. The molecule has 10 heteroatoms. The van der Waals surface area contributed by atoms with E-state index in [1.165, 1.54) is 12.1 Å². The van der Waals surface area contributed by atoms with Gasteiger partial charge in [0, 0.05) is 5.56 Å². The maximum Gasteiger partial charge on any atom is 0.332 e. The van der Waals surface area contributed by atoms with Crippen molar-refractivity contribution < 1.29 is 24.0 Å². The molecule has 4 N–H and O–H groups in total. The van der Waals surface area contributed by atoms with E-state index < -0.39 is 29.5 Å². The van der Waals surface area contributed by atoms with Crippen LogP contribution in [0.15, 0.2) is 84.9 Å². The third-order valence-corrected chi connectivity index (χ3v) is 5.86. The average Bonchev–Trinajstić information content (AvgIpc) is 2.94. The average molecular weight is 516 g/mol. The Labute approximate surface area is 220 Å². The molecule has 0 aliphatic heterocycles. The summed E-state index contributed by atoms with van der Waals surface area (Å²) in [7, 11) is 0. The summed E-state index contributed by atoms with van der Waals surface area (Å²) in [6, 6.07) is 23.5. The summed E-state index contributed by atoms with van der Waals surface area (Å²) in [5.74, 6) is -5.40. The van der Waals surface area contributed by atoms with Gasteiger partial charge >= 0.3 is 23.6 Å². The van der Waals surface area contributed by atoms with Gasteiger partial charge < -0.3 is 5.73 Å². The number of primary amides is 1. The smallest absolute Gasteiger partial charge is 0.332 e. The summed E-state index contributed by atoms with van der Waals surface area (Å²) in [6.07, 6.45) is 0.899. The molecule has 0 heterocycles. The first-order valence-electron chi connectivity index (χ1n) is 12.0. The van der Waals surface area contributed by atoms with Crippen molar-refractivity contribution in [3.8, 4) is 0 Å². The van der Waals surface area contributed by atoms with Crippen molar-refractivity contribution in [3.63, 3.8) is 0 Å². The molecule has 196 valence electrons. The Bertz CT molecular complexity index is 1300. The van der Waals surface area contributed by atoms with Crippen LogP contribution in [0.2, 0.25) is 0 Å². The molecule has 0 aliphatic carbocycles. The second-order valence-electron chi connectivity index (χ2n) is 8.52. The predicted molar refractivity (Wildman–Crippen MR) is 141 cm³/mol. The second kappa shape index (κ2) is 12.8. The minimum atomic E-state index is -1.29. The van der Waals surface area contributed by atoms with Crippen molar-refractivity contribution in [2.75, 3.05) is 5.12 Å². The second-order valence-corrected chi connectivity index (χ2v) is 8.52. The highest BCUT2D eigenvalue weighted by Gasteiger charge is 2.31. The number of nitrogens with zero attached hydrogens (tertiary/aromatic N) is 2. The lowest BCUT2D eigenvalue weighted by Crippen LogP contribution is -2.60. The van der Waals surface area contributed by atoms with Gasteiger partial charge in [0.2, 0.25) is 0 Å². The number of hydrazine groups is 2. The summed E-state index contributed by atoms with van der Waals surface area (Å²) in [5.41, 5.74) is 9.54. The minimum Gasteiger partial charge on any atom is -0.361 e. The number of amides is 5. The van der Waals surface area contributed by atoms with E-state index in [0.29, 0.717) is 5.56 Å². The molecule has 0 fully saturated rings. The van der Waals surface area contributed by atoms with Crippen LogP contribution in [0.25, 0.3) is 0 Å². The van der Waals surface area contributed by atoms with Gasteiger partial charge in [-0.1, -0.05) is 74.5 Å². The van der Waals surface area contributed by atoms with E-state index in [1.807, 2.05) is 19.1 Å². The van der Waals surface area contributed by atoms with E-state index in [9.17, 15) is 24.0 Å². The molecule has 0 bridgehead atoms. The van der Waals surface area contributed by atoms with Crippen LogP contribution in [0.4, 0.5) is 5.69 Å². The van der Waals surface area contributed by atoms with E-state index in [4.69, 9.17) is 5.73 Å². The van der Waals surface area contributed by atoms with Crippen molar-refractivity contribution in [1.29, 1.82) is 0 Å². The molecule has 0 saturated heterocycles. The Balaban J connectivity index is 2.00. The predicted octanol–water partition coefficient (Wildman–Crippen LogP) is 2.42. The summed E-state index contributed by atoms with van der Waals surface area (Å²) < 4.78 is 0. The molecule has 38 heavy (non-hydrogen) atoms. The SMILES string of the molecule is CCC(C)c1ccc(N(NC(=O)C(N)=O)N(Cc2ccccc2)C(=O)C(=O)NC(=O)c2ccccc2)cc1. The Morgan fingerprint density at radius 3 is 1.95 bits per heavy atom. The fourth-order valence-corrected chi connectivity index (χ4v) is 3.52. The first-order chi connectivity index (χ1) is 18.2. The molecule has 0 saturated carbocycles. The van der Waals surface area contributed by atoms with Gasteiger partial charge in [0.25, 0.3) is 5.91 Å². The van der Waals surface area contributed by atoms with E-state index in [-0.39, 0.29) is 23.7 Å². The van der Waals surface area contributed by atoms with Gasteiger partial charge in [-0.05, 0) is 47.7 Å². The minimum absolute atomic E-state index is 0.182. The van der Waals surface area contributed by atoms with Gasteiger partial charge in [-0.2, -0.15) is 5.12 Å². The van der Waals surface area contributed by atoms with E-state index in [0.717, 1.165) is 22.1 Å². The Kier molecular flexibility index (Phi) is 9.31. The Morgan fingerprint density at radius 2 is 1.39 bits per heavy atom. The van der Waals surface area contributed by atoms with Gasteiger partial charge in [0.1, 0.15) is 0 Å². The molecule has 5 amide bonds. The summed E-state index contributed by atoms with van der Waals surface area (Å²) in [4.78, 5) is 62.9. The Morgan fingerprint density at radius 1 is 0.816 bits per heavy atom. The van der Waals surface area contributed by atoms with Gasteiger partial charge in [0.15, 0.2) is 0 Å². The number of carbonyl (C=O) groups is 5. The molecule has 3 rings (SSSR count). The zero-order chi connectivity index (χ0) is 27.7. The highest BCUT2D eigenvalue weighted by Crippen LogP contribution is 2.23. The third kappa shape index (κ3) is 7.03. The first-order valence-corrected chi connectivity index (χ1v) is 12.0. The quantitative estimate of drug-likeness (QED) is 0.311. The maximum atomic E-state index is 13.5. The zero-order valence-corrected chi connectivity index (χ0v) is 21.1. The molecule has 1 atom stereocenters. The van der Waals surface area contributed by atoms with Crippen LogP contribution in [-0.4, -0.2) is 34.5 Å². The van der Waals surface area contributed by atoms with Crippen molar-refractivity contribution in [1.82, 2.24) is 15.8 Å². The number of rotatable bonds is 8. The summed E-state index contributed by atoms with van der Waals surface area (Å²) >= 11 is 0. The standard InChI is InChI=1S/C28H29N5O5/c1-3-19(2)21-14-16-23(17-15-21)33(31-26(36)24(29)34)32(18-20-10-6-4-7-11-20)28(38)27(37)30-25(35)22-12-8-5-9-13-22/h4-17,19H,3,18H2,1-2H3,(H2,29,34)(H,31,36)(H,30,35,37). The van der Waals surface area contributed by atoms with E-state index >= 15 is 0 Å². The van der Waals surface area contributed by atoms with Crippen molar-refractivity contribution in [2.45, 2.75) is 32.7 Å². The van der Waals surface area contributed by atoms with Gasteiger partial charge in [-0.25, -0.2) is 10.4 Å². The number of nitrogens with one attached hydrogen (secondary N) is 2. The third-order valence-electron chi connectivity index (χ3n) is 5.86. The van der Waals surface area contributed by atoms with Crippen LogP contribution in [0.5, 0.6) is 0 Å². The molecule has 10 nitrogen and oxygen atoms in total. The summed E-state index contributed by atoms with van der Waals surface area (Å²) in [5, 5.41) is 3.98. The molecular weight excluding hydrogens is 486 g/mol. The van der Waals surface area contributed by atoms with Crippen molar-refractivity contribution in [3.05, 3.63) is 102 Å². The van der Waals surface area contributed by atoms with Crippen LogP contribution in [0.1, 0.15) is 47.7 Å². The highest BCUT2D eigenvalue weighted by molar-refractivity contribution is 6.39.